The van der Waals surface area contributed by atoms with E-state index in [0.29, 0.717) is 12.8 Å². The van der Waals surface area contributed by atoms with Crippen molar-refractivity contribution in [1.29, 1.82) is 0 Å². The first-order valence-electron chi connectivity index (χ1n) is 4.94. The highest BCUT2D eigenvalue weighted by Crippen LogP contribution is 2.41. The number of fused-ring (bicyclic) bond motifs is 5. The van der Waals surface area contributed by atoms with Crippen molar-refractivity contribution in [3.05, 3.63) is 0 Å². The van der Waals surface area contributed by atoms with Crippen LogP contribution < -0.4 is 0 Å². The van der Waals surface area contributed by atoms with Gasteiger partial charge in [0.15, 0.2) is 12.2 Å². The summed E-state index contributed by atoms with van der Waals surface area (Å²) in [4.78, 5) is 13.1. The molecule has 0 aromatic rings. The van der Waals surface area contributed by atoms with E-state index >= 15 is 0 Å². The molecule has 0 aromatic carbocycles. The molecule has 5 heteroatoms. The van der Waals surface area contributed by atoms with Gasteiger partial charge in [-0.2, -0.15) is 0 Å². The van der Waals surface area contributed by atoms with Crippen LogP contribution in [0.4, 0.5) is 4.79 Å². The van der Waals surface area contributed by atoms with E-state index < -0.39 is 6.16 Å². The average Bonchev–Trinajstić information content (AvgIpc) is 2.55. The topological polar surface area (TPSA) is 59.0 Å². The van der Waals surface area contributed by atoms with E-state index in [9.17, 15) is 9.90 Å². The monoisotopic (exact) mass is 199 g/mol. The molecule has 0 saturated carbocycles. The lowest BCUT2D eigenvalue weighted by Gasteiger charge is -2.34. The van der Waals surface area contributed by atoms with Crippen LogP contribution in [-0.4, -0.2) is 53.6 Å². The van der Waals surface area contributed by atoms with E-state index in [1.54, 1.807) is 0 Å². The summed E-state index contributed by atoms with van der Waals surface area (Å²) < 4.78 is 10.2. The zero-order valence-corrected chi connectivity index (χ0v) is 7.92. The number of likely N-dealkylation sites (N-methyl/N-ethyl adjacent to an activating group) is 1. The Morgan fingerprint density at radius 3 is 2.29 bits per heavy atom. The van der Waals surface area contributed by atoms with Crippen LogP contribution in [0.2, 0.25) is 0 Å². The molecule has 0 radical (unpaired) electrons. The summed E-state index contributed by atoms with van der Waals surface area (Å²) in [5.74, 6) is 0. The second kappa shape index (κ2) is 2.61. The van der Waals surface area contributed by atoms with Crippen molar-refractivity contribution in [3.8, 4) is 0 Å². The standard InChI is InChI=1S/C9H13NO4/c1-10-5-2-4(11)3-6(10)8-7(5)13-9(12)14-8/h4-8,11H,2-3H2,1H3. The Balaban J connectivity index is 1.91. The molecule has 0 amide bonds. The van der Waals surface area contributed by atoms with E-state index in [0.717, 1.165) is 0 Å². The van der Waals surface area contributed by atoms with Gasteiger partial charge in [-0.1, -0.05) is 0 Å². The van der Waals surface area contributed by atoms with Gasteiger partial charge in [-0.3, -0.25) is 4.90 Å². The van der Waals surface area contributed by atoms with Gasteiger partial charge < -0.3 is 14.6 Å². The highest BCUT2D eigenvalue weighted by molar-refractivity contribution is 5.63. The van der Waals surface area contributed by atoms with Gasteiger partial charge in [0.05, 0.1) is 18.2 Å². The summed E-state index contributed by atoms with van der Waals surface area (Å²) in [5.41, 5.74) is 0. The number of aliphatic hydroxyl groups excluding tert-OH is 1. The average molecular weight is 199 g/mol. The number of piperidine rings is 1. The molecule has 5 nitrogen and oxygen atoms in total. The largest absolute Gasteiger partial charge is 0.509 e. The lowest BCUT2D eigenvalue weighted by molar-refractivity contribution is 0.00205. The Morgan fingerprint density at radius 2 is 1.79 bits per heavy atom. The van der Waals surface area contributed by atoms with E-state index in [-0.39, 0.29) is 30.4 Å². The molecular formula is C9H13NO4. The molecule has 3 rings (SSSR count). The molecular weight excluding hydrogens is 186 g/mol. The second-order valence-electron chi connectivity index (χ2n) is 4.34. The lowest BCUT2D eigenvalue weighted by atomic mass is 10.0. The molecule has 3 heterocycles. The third kappa shape index (κ3) is 0.938. The van der Waals surface area contributed by atoms with Gasteiger partial charge in [-0.05, 0) is 19.9 Å². The van der Waals surface area contributed by atoms with Crippen molar-refractivity contribution >= 4 is 6.16 Å². The van der Waals surface area contributed by atoms with Crippen molar-refractivity contribution < 1.29 is 19.4 Å². The molecule has 3 saturated heterocycles. The highest BCUT2D eigenvalue weighted by atomic mass is 16.8. The lowest BCUT2D eigenvalue weighted by Crippen LogP contribution is -2.45. The summed E-state index contributed by atoms with van der Waals surface area (Å²) in [6, 6.07) is 0.250. The van der Waals surface area contributed by atoms with Crippen LogP contribution in [0.3, 0.4) is 0 Å². The maximum absolute atomic E-state index is 11.0. The van der Waals surface area contributed by atoms with Crippen molar-refractivity contribution in [1.82, 2.24) is 4.90 Å². The summed E-state index contributed by atoms with van der Waals surface area (Å²) in [5, 5.41) is 9.61. The van der Waals surface area contributed by atoms with E-state index in [2.05, 4.69) is 4.90 Å². The Bertz CT molecular complexity index is 258. The van der Waals surface area contributed by atoms with Crippen LogP contribution in [0, 0.1) is 0 Å². The van der Waals surface area contributed by atoms with Gasteiger partial charge in [-0.15, -0.1) is 0 Å². The molecule has 3 aliphatic rings. The predicted molar refractivity (Wildman–Crippen MR) is 45.7 cm³/mol. The SMILES string of the molecule is CN1C2CC(O)CC1C1OC(=O)OC12. The van der Waals surface area contributed by atoms with Crippen molar-refractivity contribution in [2.24, 2.45) is 0 Å². The minimum Gasteiger partial charge on any atom is -0.425 e. The van der Waals surface area contributed by atoms with Gasteiger partial charge >= 0.3 is 6.16 Å². The number of ether oxygens (including phenoxy) is 2. The smallest absolute Gasteiger partial charge is 0.425 e. The first kappa shape index (κ1) is 8.49. The van der Waals surface area contributed by atoms with Crippen LogP contribution in [0.15, 0.2) is 0 Å². The fraction of sp³-hybridized carbons (Fsp3) is 0.889. The third-order valence-electron chi connectivity index (χ3n) is 3.62. The number of hydrogen-bond donors (Lipinski definition) is 1. The Hall–Kier alpha value is -0.810. The fourth-order valence-electron chi connectivity index (χ4n) is 2.94. The fourth-order valence-corrected chi connectivity index (χ4v) is 2.94. The Kier molecular flexibility index (Phi) is 1.58. The third-order valence-corrected chi connectivity index (χ3v) is 3.62. The van der Waals surface area contributed by atoms with E-state index in [1.807, 2.05) is 7.05 Å². The maximum atomic E-state index is 11.0. The van der Waals surface area contributed by atoms with Gasteiger partial charge in [-0.25, -0.2) is 4.79 Å². The summed E-state index contributed by atoms with van der Waals surface area (Å²) in [6.45, 7) is 0. The molecule has 2 bridgehead atoms. The second-order valence-corrected chi connectivity index (χ2v) is 4.34. The van der Waals surface area contributed by atoms with Crippen molar-refractivity contribution in [2.45, 2.75) is 43.2 Å². The molecule has 3 fully saturated rings. The van der Waals surface area contributed by atoms with E-state index in [1.165, 1.54) is 0 Å². The van der Waals surface area contributed by atoms with Crippen LogP contribution in [0.5, 0.6) is 0 Å². The van der Waals surface area contributed by atoms with E-state index in [4.69, 9.17) is 9.47 Å². The highest BCUT2D eigenvalue weighted by Gasteiger charge is 2.58. The molecule has 0 spiro atoms. The van der Waals surface area contributed by atoms with Gasteiger partial charge in [0.25, 0.3) is 0 Å². The molecule has 1 N–H and O–H groups in total. The Morgan fingerprint density at radius 1 is 1.29 bits per heavy atom. The number of hydrogen-bond acceptors (Lipinski definition) is 5. The number of rotatable bonds is 0. The molecule has 4 atom stereocenters. The van der Waals surface area contributed by atoms with Crippen LogP contribution >= 0.6 is 0 Å². The molecule has 78 valence electrons. The van der Waals surface area contributed by atoms with Crippen LogP contribution in [0.25, 0.3) is 0 Å². The van der Waals surface area contributed by atoms with Gasteiger partial charge in [0.1, 0.15) is 0 Å². The predicted octanol–water partition coefficient (Wildman–Crippen LogP) is -0.272. The number of aliphatic hydroxyl groups is 1. The first-order chi connectivity index (χ1) is 6.66. The van der Waals surface area contributed by atoms with Gasteiger partial charge in [0, 0.05) is 0 Å². The maximum Gasteiger partial charge on any atom is 0.509 e. The van der Waals surface area contributed by atoms with Crippen LogP contribution in [-0.2, 0) is 9.47 Å². The molecule has 0 aliphatic carbocycles. The zero-order valence-electron chi connectivity index (χ0n) is 7.92. The summed E-state index contributed by atoms with van der Waals surface area (Å²) in [7, 11) is 2.00. The van der Waals surface area contributed by atoms with Crippen molar-refractivity contribution in [3.63, 3.8) is 0 Å². The quantitative estimate of drug-likeness (QED) is 0.544. The van der Waals surface area contributed by atoms with Crippen LogP contribution in [0.1, 0.15) is 12.8 Å². The molecule has 14 heavy (non-hydrogen) atoms. The first-order valence-corrected chi connectivity index (χ1v) is 4.94. The minimum absolute atomic E-state index is 0.125. The molecule has 3 aliphatic heterocycles. The van der Waals surface area contributed by atoms with Crippen molar-refractivity contribution in [2.75, 3.05) is 7.05 Å². The minimum atomic E-state index is -0.556. The number of nitrogens with zero attached hydrogens (tertiary/aromatic N) is 1. The molecule has 0 aromatic heterocycles. The van der Waals surface area contributed by atoms with Gasteiger partial charge in [0.2, 0.25) is 0 Å². The summed E-state index contributed by atoms with van der Waals surface area (Å²) in [6.07, 6.45) is 0.160. The number of carbonyl (C=O) groups is 1. The summed E-state index contributed by atoms with van der Waals surface area (Å²) >= 11 is 0. The Labute approximate surface area is 81.6 Å². The number of carbonyl (C=O) groups excluding carboxylic acids is 1. The molecule has 4 unspecified atom stereocenters. The zero-order chi connectivity index (χ0) is 9.87. The normalized spacial score (nSPS) is 51.3.